The van der Waals surface area contributed by atoms with Gasteiger partial charge in [-0.05, 0) is 44.0 Å². The maximum atomic E-state index is 12.0. The monoisotopic (exact) mass is 227 g/mol. The van der Waals surface area contributed by atoms with Gasteiger partial charge in [0, 0.05) is 11.8 Å². The second kappa shape index (κ2) is 3.20. The topological polar surface area (TPSA) is 50.2 Å². The predicted octanol–water partition coefficient (Wildman–Crippen LogP) is 2.10. The summed E-state index contributed by atoms with van der Waals surface area (Å²) < 4.78 is 1.62. The first kappa shape index (κ1) is 10.1. The number of hydrogen-bond donors (Lipinski definition) is 1. The first-order valence-corrected chi connectivity index (χ1v) is 5.55. The summed E-state index contributed by atoms with van der Waals surface area (Å²) in [6.07, 6.45) is 0. The van der Waals surface area contributed by atoms with Gasteiger partial charge in [0.25, 0.3) is 5.56 Å². The van der Waals surface area contributed by atoms with Crippen molar-refractivity contribution in [1.29, 1.82) is 0 Å². The average Bonchev–Trinajstić information content (AvgIpc) is 2.56. The van der Waals surface area contributed by atoms with Gasteiger partial charge in [-0.3, -0.25) is 4.79 Å². The Hall–Kier alpha value is -2.10. The van der Waals surface area contributed by atoms with Crippen LogP contribution in [-0.4, -0.2) is 14.4 Å². The Morgan fingerprint density at radius 2 is 1.82 bits per heavy atom. The normalized spacial score (nSPS) is 11.5. The van der Waals surface area contributed by atoms with E-state index in [-0.39, 0.29) is 5.56 Å². The molecule has 0 aliphatic carbocycles. The average molecular weight is 227 g/mol. The van der Waals surface area contributed by atoms with Crippen LogP contribution in [0.1, 0.15) is 16.8 Å². The molecular weight excluding hydrogens is 214 g/mol. The molecule has 1 N–H and O–H groups in total. The van der Waals surface area contributed by atoms with Crippen molar-refractivity contribution in [1.82, 2.24) is 14.4 Å². The Morgan fingerprint density at radius 1 is 1.12 bits per heavy atom. The molecular formula is C13H13N3O. The van der Waals surface area contributed by atoms with Gasteiger partial charge in [-0.1, -0.05) is 0 Å². The van der Waals surface area contributed by atoms with E-state index in [4.69, 9.17) is 0 Å². The smallest absolute Gasteiger partial charge is 0.259 e. The third-order valence-electron chi connectivity index (χ3n) is 3.14. The number of hydrogen-bond acceptors (Lipinski definition) is 2. The zero-order valence-electron chi connectivity index (χ0n) is 10.0. The third-order valence-corrected chi connectivity index (χ3v) is 3.14. The molecule has 1 aromatic carbocycles. The fourth-order valence-electron chi connectivity index (χ4n) is 2.10. The van der Waals surface area contributed by atoms with E-state index in [9.17, 15) is 4.79 Å². The predicted molar refractivity (Wildman–Crippen MR) is 67.5 cm³/mol. The number of benzene rings is 1. The Labute approximate surface area is 97.9 Å². The summed E-state index contributed by atoms with van der Waals surface area (Å²) in [4.78, 5) is 19.5. The fourth-order valence-corrected chi connectivity index (χ4v) is 2.10. The summed E-state index contributed by atoms with van der Waals surface area (Å²) in [7, 11) is 0. The van der Waals surface area contributed by atoms with Gasteiger partial charge in [0.1, 0.15) is 0 Å². The number of fused-ring (bicyclic) bond motifs is 3. The Balaban J connectivity index is 2.60. The zero-order chi connectivity index (χ0) is 12.2. The minimum atomic E-state index is -0.0398. The molecule has 86 valence electrons. The van der Waals surface area contributed by atoms with Crippen LogP contribution in [0.2, 0.25) is 0 Å². The lowest BCUT2D eigenvalue weighted by Gasteiger charge is -1.99. The SMILES string of the molecule is Cc1cc(=O)n2c(nc3cc(C)c(C)cc32)[nH]1. The van der Waals surface area contributed by atoms with Crippen LogP contribution in [-0.2, 0) is 0 Å². The molecule has 3 rings (SSSR count). The fraction of sp³-hybridized carbons (Fsp3) is 0.231. The maximum absolute atomic E-state index is 12.0. The van der Waals surface area contributed by atoms with Crippen molar-refractivity contribution in [2.45, 2.75) is 20.8 Å². The van der Waals surface area contributed by atoms with Gasteiger partial charge in [0.2, 0.25) is 5.78 Å². The molecule has 0 spiro atoms. The first-order chi connectivity index (χ1) is 8.06. The van der Waals surface area contributed by atoms with Crippen molar-refractivity contribution < 1.29 is 0 Å². The molecule has 0 aliphatic rings. The summed E-state index contributed by atoms with van der Waals surface area (Å²) in [5.74, 6) is 0.606. The van der Waals surface area contributed by atoms with Gasteiger partial charge in [-0.2, -0.15) is 0 Å². The Kier molecular flexibility index (Phi) is 1.90. The number of aryl methyl sites for hydroxylation is 3. The first-order valence-electron chi connectivity index (χ1n) is 5.55. The van der Waals surface area contributed by atoms with Crippen molar-refractivity contribution in [3.05, 3.63) is 45.4 Å². The van der Waals surface area contributed by atoms with Gasteiger partial charge in [-0.15, -0.1) is 0 Å². The lowest BCUT2D eigenvalue weighted by atomic mass is 10.1. The largest absolute Gasteiger partial charge is 0.329 e. The quantitative estimate of drug-likeness (QED) is 0.639. The van der Waals surface area contributed by atoms with Crippen LogP contribution in [0, 0.1) is 20.8 Å². The van der Waals surface area contributed by atoms with Crippen LogP contribution in [0.25, 0.3) is 16.8 Å². The highest BCUT2D eigenvalue weighted by Crippen LogP contribution is 2.18. The second-order valence-corrected chi connectivity index (χ2v) is 4.49. The molecule has 0 fully saturated rings. The number of H-pyrrole nitrogens is 1. The minimum Gasteiger partial charge on any atom is -0.329 e. The van der Waals surface area contributed by atoms with Crippen LogP contribution < -0.4 is 5.56 Å². The van der Waals surface area contributed by atoms with Crippen molar-refractivity contribution in [3.63, 3.8) is 0 Å². The number of aromatic nitrogens is 3. The molecule has 0 aliphatic heterocycles. The summed E-state index contributed by atoms with van der Waals surface area (Å²) in [5, 5.41) is 0. The molecule has 17 heavy (non-hydrogen) atoms. The van der Waals surface area contributed by atoms with Crippen LogP contribution in [0.3, 0.4) is 0 Å². The highest BCUT2D eigenvalue weighted by Gasteiger charge is 2.09. The van der Waals surface area contributed by atoms with E-state index < -0.39 is 0 Å². The van der Waals surface area contributed by atoms with Gasteiger partial charge >= 0.3 is 0 Å². The van der Waals surface area contributed by atoms with E-state index >= 15 is 0 Å². The standard InChI is InChI=1S/C13H13N3O/c1-7-4-10-11(5-8(7)2)16-12(17)6-9(3)14-13(16)15-10/h4-6H,1-3H3,(H,14,15). The van der Waals surface area contributed by atoms with E-state index in [2.05, 4.69) is 9.97 Å². The minimum absolute atomic E-state index is 0.0398. The highest BCUT2D eigenvalue weighted by atomic mass is 16.1. The van der Waals surface area contributed by atoms with Crippen LogP contribution in [0.15, 0.2) is 23.0 Å². The Morgan fingerprint density at radius 3 is 2.59 bits per heavy atom. The molecule has 0 unspecified atom stereocenters. The molecule has 0 bridgehead atoms. The Bertz CT molecular complexity index is 796. The molecule has 0 saturated heterocycles. The van der Waals surface area contributed by atoms with Crippen LogP contribution >= 0.6 is 0 Å². The molecule has 2 heterocycles. The number of imidazole rings is 1. The van der Waals surface area contributed by atoms with Crippen LogP contribution in [0.4, 0.5) is 0 Å². The van der Waals surface area contributed by atoms with Crippen molar-refractivity contribution >= 4 is 16.8 Å². The highest BCUT2D eigenvalue weighted by molar-refractivity contribution is 5.81. The molecule has 0 saturated carbocycles. The summed E-state index contributed by atoms with van der Waals surface area (Å²) in [5.41, 5.74) is 4.86. The lowest BCUT2D eigenvalue weighted by Crippen LogP contribution is -2.13. The molecule has 3 aromatic rings. The zero-order valence-corrected chi connectivity index (χ0v) is 10.0. The van der Waals surface area contributed by atoms with Gasteiger partial charge in [0.15, 0.2) is 0 Å². The number of rotatable bonds is 0. The van der Waals surface area contributed by atoms with E-state index in [1.54, 1.807) is 10.5 Å². The van der Waals surface area contributed by atoms with Crippen molar-refractivity contribution in [2.75, 3.05) is 0 Å². The molecule has 0 amide bonds. The van der Waals surface area contributed by atoms with E-state index in [0.29, 0.717) is 5.78 Å². The summed E-state index contributed by atoms with van der Waals surface area (Å²) in [6, 6.07) is 5.61. The lowest BCUT2D eigenvalue weighted by molar-refractivity contribution is 1.04. The van der Waals surface area contributed by atoms with E-state index in [1.807, 2.05) is 32.9 Å². The van der Waals surface area contributed by atoms with E-state index in [0.717, 1.165) is 16.7 Å². The molecule has 0 atom stereocenters. The van der Waals surface area contributed by atoms with Gasteiger partial charge in [-0.25, -0.2) is 9.38 Å². The number of nitrogens with one attached hydrogen (secondary N) is 1. The molecule has 4 heteroatoms. The number of aromatic amines is 1. The molecule has 4 nitrogen and oxygen atoms in total. The summed E-state index contributed by atoms with van der Waals surface area (Å²) >= 11 is 0. The van der Waals surface area contributed by atoms with Crippen molar-refractivity contribution in [2.24, 2.45) is 0 Å². The second-order valence-electron chi connectivity index (χ2n) is 4.49. The molecule has 0 radical (unpaired) electrons. The van der Waals surface area contributed by atoms with Gasteiger partial charge in [0.05, 0.1) is 11.0 Å². The van der Waals surface area contributed by atoms with Gasteiger partial charge < -0.3 is 4.98 Å². The maximum Gasteiger partial charge on any atom is 0.259 e. The number of nitrogens with zero attached hydrogens (tertiary/aromatic N) is 2. The molecule has 2 aromatic heterocycles. The van der Waals surface area contributed by atoms with E-state index in [1.165, 1.54) is 11.1 Å². The van der Waals surface area contributed by atoms with Crippen LogP contribution in [0.5, 0.6) is 0 Å². The van der Waals surface area contributed by atoms with Crippen molar-refractivity contribution in [3.8, 4) is 0 Å². The third kappa shape index (κ3) is 1.37. The summed E-state index contributed by atoms with van der Waals surface area (Å²) in [6.45, 7) is 5.94.